The Hall–Kier alpha value is -3.93. The third kappa shape index (κ3) is 14.2. The lowest BCUT2D eigenvalue weighted by Crippen LogP contribution is -2.05. The van der Waals surface area contributed by atoms with Crippen molar-refractivity contribution in [2.45, 2.75) is 81.8 Å². The topological polar surface area (TPSA) is 28.7 Å². The highest BCUT2D eigenvalue weighted by molar-refractivity contribution is 6.31. The molecular formula is C37H46ClF3N2. The molecule has 4 aromatic rings. The SMILES string of the molecule is C#C.C#C/C=C(\C)c1cc(C)c(C)c(Cl)c1.CC.CC.CCc1ccc(C(F)(F)F)cc1C.Cc1ccc2cn[nH]c2c1. The van der Waals surface area contributed by atoms with E-state index in [9.17, 15) is 13.2 Å². The molecule has 43 heavy (non-hydrogen) atoms. The van der Waals surface area contributed by atoms with Crippen LogP contribution in [0.3, 0.4) is 0 Å². The molecule has 0 unspecified atom stereocenters. The molecule has 0 radical (unpaired) electrons. The molecule has 0 spiro atoms. The Morgan fingerprint density at radius 1 is 0.930 bits per heavy atom. The van der Waals surface area contributed by atoms with Gasteiger partial charge in [-0.25, -0.2) is 0 Å². The average molecular weight is 611 g/mol. The van der Waals surface area contributed by atoms with E-state index < -0.39 is 11.7 Å². The average Bonchev–Trinajstić information content (AvgIpc) is 3.47. The molecule has 232 valence electrons. The highest BCUT2D eigenvalue weighted by atomic mass is 35.5. The maximum Gasteiger partial charge on any atom is 0.416 e. The minimum Gasteiger partial charge on any atom is -0.278 e. The second-order valence-electron chi connectivity index (χ2n) is 8.85. The lowest BCUT2D eigenvalue weighted by Gasteiger charge is -2.09. The van der Waals surface area contributed by atoms with Crippen LogP contribution in [0.2, 0.25) is 5.02 Å². The van der Waals surface area contributed by atoms with E-state index in [4.69, 9.17) is 18.0 Å². The van der Waals surface area contributed by atoms with E-state index in [-0.39, 0.29) is 0 Å². The number of terminal acetylenes is 2. The van der Waals surface area contributed by atoms with E-state index in [0.717, 1.165) is 45.3 Å². The predicted molar refractivity (Wildman–Crippen MR) is 182 cm³/mol. The minimum atomic E-state index is -4.23. The largest absolute Gasteiger partial charge is 0.416 e. The molecule has 1 aromatic heterocycles. The number of H-pyrrole nitrogens is 1. The first-order chi connectivity index (χ1) is 20.4. The summed E-state index contributed by atoms with van der Waals surface area (Å²) in [7, 11) is 0. The first-order valence-corrected chi connectivity index (χ1v) is 14.5. The van der Waals surface area contributed by atoms with Gasteiger partial charge in [0.1, 0.15) is 0 Å². The van der Waals surface area contributed by atoms with Gasteiger partial charge in [0.05, 0.1) is 17.3 Å². The van der Waals surface area contributed by atoms with E-state index in [1.165, 1.54) is 28.6 Å². The van der Waals surface area contributed by atoms with Crippen molar-refractivity contribution in [1.29, 1.82) is 0 Å². The van der Waals surface area contributed by atoms with E-state index in [2.05, 4.69) is 60.2 Å². The van der Waals surface area contributed by atoms with Crippen LogP contribution in [0.25, 0.3) is 16.5 Å². The van der Waals surface area contributed by atoms with Crippen LogP contribution in [0.4, 0.5) is 13.2 Å². The molecule has 0 atom stereocenters. The van der Waals surface area contributed by atoms with Crippen molar-refractivity contribution < 1.29 is 13.2 Å². The lowest BCUT2D eigenvalue weighted by atomic mass is 10.0. The minimum absolute atomic E-state index is 0.567. The van der Waals surface area contributed by atoms with Gasteiger partial charge < -0.3 is 0 Å². The number of benzene rings is 3. The summed E-state index contributed by atoms with van der Waals surface area (Å²) in [6.45, 7) is 19.7. The van der Waals surface area contributed by atoms with Gasteiger partial charge in [-0.3, -0.25) is 5.10 Å². The van der Waals surface area contributed by atoms with Crippen molar-refractivity contribution in [2.24, 2.45) is 0 Å². The summed E-state index contributed by atoms with van der Waals surface area (Å²) in [6.07, 6.45) is 13.3. The van der Waals surface area contributed by atoms with Crippen LogP contribution in [0, 0.1) is 52.9 Å². The number of halogens is 4. The smallest absolute Gasteiger partial charge is 0.278 e. The number of rotatable bonds is 2. The van der Waals surface area contributed by atoms with Gasteiger partial charge in [-0.05, 0) is 110 Å². The van der Waals surface area contributed by atoms with Crippen LogP contribution in [-0.4, -0.2) is 10.2 Å². The Bertz CT molecular complexity index is 1450. The first kappa shape index (κ1) is 41.2. The van der Waals surface area contributed by atoms with Gasteiger partial charge >= 0.3 is 6.18 Å². The van der Waals surface area contributed by atoms with Crippen molar-refractivity contribution in [2.75, 3.05) is 0 Å². The molecular weight excluding hydrogens is 565 g/mol. The molecule has 0 bridgehead atoms. The van der Waals surface area contributed by atoms with Crippen molar-refractivity contribution >= 4 is 28.1 Å². The highest BCUT2D eigenvalue weighted by Crippen LogP contribution is 2.30. The number of nitrogens with one attached hydrogen (secondary N) is 1. The zero-order valence-corrected chi connectivity index (χ0v) is 27.9. The van der Waals surface area contributed by atoms with E-state index >= 15 is 0 Å². The quantitative estimate of drug-likeness (QED) is 0.225. The molecule has 6 heteroatoms. The summed E-state index contributed by atoms with van der Waals surface area (Å²) in [4.78, 5) is 0. The van der Waals surface area contributed by atoms with Crippen LogP contribution >= 0.6 is 11.6 Å². The fourth-order valence-electron chi connectivity index (χ4n) is 3.57. The Morgan fingerprint density at radius 3 is 2.02 bits per heavy atom. The van der Waals surface area contributed by atoms with E-state index in [1.54, 1.807) is 13.0 Å². The summed E-state index contributed by atoms with van der Waals surface area (Å²) < 4.78 is 36.6. The number of aromatic amines is 1. The maximum atomic E-state index is 12.2. The monoisotopic (exact) mass is 610 g/mol. The van der Waals surface area contributed by atoms with Crippen molar-refractivity contribution in [3.63, 3.8) is 0 Å². The molecule has 0 aliphatic rings. The number of hydrogen-bond acceptors (Lipinski definition) is 1. The number of fused-ring (bicyclic) bond motifs is 1. The van der Waals surface area contributed by atoms with Gasteiger partial charge in [0.25, 0.3) is 0 Å². The Labute approximate surface area is 262 Å². The van der Waals surface area contributed by atoms with Gasteiger partial charge in [-0.15, -0.1) is 19.3 Å². The molecule has 0 saturated carbocycles. The molecule has 2 nitrogen and oxygen atoms in total. The summed E-state index contributed by atoms with van der Waals surface area (Å²) in [5.74, 6) is 2.51. The van der Waals surface area contributed by atoms with Gasteiger partial charge in [-0.1, -0.05) is 76.4 Å². The van der Waals surface area contributed by atoms with Gasteiger partial charge in [0, 0.05) is 10.4 Å². The zero-order chi connectivity index (χ0) is 33.8. The molecule has 4 rings (SSSR count). The van der Waals surface area contributed by atoms with Gasteiger partial charge in [0.15, 0.2) is 0 Å². The molecule has 0 aliphatic carbocycles. The molecule has 0 aliphatic heterocycles. The van der Waals surface area contributed by atoms with Gasteiger partial charge in [0.2, 0.25) is 0 Å². The summed E-state index contributed by atoms with van der Waals surface area (Å²) >= 11 is 6.08. The zero-order valence-electron chi connectivity index (χ0n) is 27.2. The van der Waals surface area contributed by atoms with Crippen molar-refractivity contribution in [3.8, 4) is 25.2 Å². The normalized spacial score (nSPS) is 9.98. The Morgan fingerprint density at radius 2 is 1.53 bits per heavy atom. The summed E-state index contributed by atoms with van der Waals surface area (Å²) in [6, 6.07) is 14.1. The summed E-state index contributed by atoms with van der Waals surface area (Å²) in [5, 5.41) is 8.80. The maximum absolute atomic E-state index is 12.2. The van der Waals surface area contributed by atoms with E-state index in [0.29, 0.717) is 5.56 Å². The van der Waals surface area contributed by atoms with Crippen LogP contribution in [0.5, 0.6) is 0 Å². The molecule has 1 N–H and O–H groups in total. The third-order valence-electron chi connectivity index (χ3n) is 6.01. The van der Waals surface area contributed by atoms with Gasteiger partial charge in [-0.2, -0.15) is 18.3 Å². The number of alkyl halides is 3. The molecule has 0 fully saturated rings. The number of aryl methyl sites for hydroxylation is 4. The Kier molecular flexibility index (Phi) is 20.8. The molecule has 1 heterocycles. The number of hydrogen-bond donors (Lipinski definition) is 1. The Balaban J connectivity index is 0. The van der Waals surface area contributed by atoms with Crippen LogP contribution in [0.15, 0.2) is 60.8 Å². The first-order valence-electron chi connectivity index (χ1n) is 14.2. The molecule has 0 amide bonds. The van der Waals surface area contributed by atoms with E-state index in [1.807, 2.05) is 67.7 Å². The molecule has 3 aromatic carbocycles. The second-order valence-corrected chi connectivity index (χ2v) is 9.25. The fourth-order valence-corrected chi connectivity index (χ4v) is 3.84. The number of allylic oxidation sites excluding steroid dienone is 2. The number of nitrogens with zero attached hydrogens (tertiary/aromatic N) is 1. The highest BCUT2D eigenvalue weighted by Gasteiger charge is 2.30. The fraction of sp³-hybridized carbons (Fsp3) is 0.324. The van der Waals surface area contributed by atoms with Crippen LogP contribution < -0.4 is 0 Å². The standard InChI is InChI=1S/C13H13Cl.C10H11F3.C8H8N2.2C2H6.C2H2/c1-5-6-9(2)12-7-10(3)11(4)13(14)8-12;1-3-8-4-5-9(6-7(8)2)10(11,12)13;1-6-2-3-7-5-9-10-8(7)4-6;3*1-2/h1,6-8H,2-4H3;4-6H,3H2,1-2H3;2-5H,1H3,(H,9,10);2*1-2H3;1-2H/b9-6+;;;;;. The van der Waals surface area contributed by atoms with Crippen LogP contribution in [0.1, 0.15) is 80.5 Å². The summed E-state index contributed by atoms with van der Waals surface area (Å²) in [5.41, 5.74) is 7.96. The van der Waals surface area contributed by atoms with Crippen LogP contribution in [-0.2, 0) is 12.6 Å². The van der Waals surface area contributed by atoms with Crippen molar-refractivity contribution in [1.82, 2.24) is 10.2 Å². The van der Waals surface area contributed by atoms with Crippen molar-refractivity contribution in [3.05, 3.63) is 105 Å². The molecule has 0 saturated heterocycles. The second kappa shape index (κ2) is 21.7. The lowest BCUT2D eigenvalue weighted by molar-refractivity contribution is -0.137. The predicted octanol–water partition coefficient (Wildman–Crippen LogP) is 11.7. The number of aromatic nitrogens is 2. The third-order valence-corrected chi connectivity index (χ3v) is 6.40.